The molecule has 0 aromatic heterocycles. The van der Waals surface area contributed by atoms with Crippen LogP contribution >= 0.6 is 0 Å². The Morgan fingerprint density at radius 2 is 1.83 bits per heavy atom. The first kappa shape index (κ1) is 16.0. The second-order valence-electron chi connectivity index (χ2n) is 6.01. The van der Waals surface area contributed by atoms with Crippen LogP contribution in [0.15, 0.2) is 0 Å². The lowest BCUT2D eigenvalue weighted by molar-refractivity contribution is 0.228. The van der Waals surface area contributed by atoms with Crippen molar-refractivity contribution >= 4 is 9.84 Å². The average molecular weight is 275 g/mol. The molecule has 1 saturated carbocycles. The molecule has 0 heterocycles. The third-order valence-electron chi connectivity index (χ3n) is 4.25. The van der Waals surface area contributed by atoms with Crippen LogP contribution in [0.25, 0.3) is 0 Å². The molecule has 1 atom stereocenters. The zero-order valence-corrected chi connectivity index (χ0v) is 12.7. The van der Waals surface area contributed by atoms with Crippen LogP contribution in [0.2, 0.25) is 0 Å². The molecule has 0 amide bonds. The maximum Gasteiger partial charge on any atom is 0.147 e. The van der Waals surface area contributed by atoms with Crippen molar-refractivity contribution in [2.24, 2.45) is 17.6 Å². The Balaban J connectivity index is 2.21. The Hall–Kier alpha value is -0.0900. The zero-order valence-electron chi connectivity index (χ0n) is 11.9. The molecule has 1 fully saturated rings. The molecule has 108 valence electrons. The second kappa shape index (κ2) is 7.49. The summed E-state index contributed by atoms with van der Waals surface area (Å²) in [5.74, 6) is 1.82. The second-order valence-corrected chi connectivity index (χ2v) is 8.27. The molecule has 0 spiro atoms. The van der Waals surface area contributed by atoms with E-state index >= 15 is 0 Å². The Labute approximate surface area is 112 Å². The fourth-order valence-corrected chi connectivity index (χ4v) is 3.82. The van der Waals surface area contributed by atoms with Crippen molar-refractivity contribution in [3.05, 3.63) is 0 Å². The predicted molar refractivity (Wildman–Crippen MR) is 77.3 cm³/mol. The van der Waals surface area contributed by atoms with Crippen molar-refractivity contribution in [2.75, 3.05) is 12.0 Å². The maximum atomic E-state index is 11.1. The molecule has 1 unspecified atom stereocenters. The summed E-state index contributed by atoms with van der Waals surface area (Å²) in [4.78, 5) is 0. The summed E-state index contributed by atoms with van der Waals surface area (Å²) in [5.41, 5.74) is 6.20. The van der Waals surface area contributed by atoms with Gasteiger partial charge in [0, 0.05) is 18.1 Å². The van der Waals surface area contributed by atoms with Crippen molar-refractivity contribution in [1.82, 2.24) is 0 Å². The van der Waals surface area contributed by atoms with Gasteiger partial charge in [0.25, 0.3) is 0 Å². The number of hydrogen-bond acceptors (Lipinski definition) is 3. The van der Waals surface area contributed by atoms with Crippen molar-refractivity contribution in [3.63, 3.8) is 0 Å². The van der Waals surface area contributed by atoms with E-state index < -0.39 is 9.84 Å². The van der Waals surface area contributed by atoms with E-state index in [4.69, 9.17) is 5.73 Å². The van der Waals surface area contributed by atoms with E-state index in [9.17, 15) is 8.42 Å². The van der Waals surface area contributed by atoms with Crippen LogP contribution in [-0.2, 0) is 9.84 Å². The van der Waals surface area contributed by atoms with E-state index in [0.29, 0.717) is 5.92 Å². The molecule has 1 aliphatic rings. The van der Waals surface area contributed by atoms with E-state index in [2.05, 4.69) is 6.92 Å². The lowest BCUT2D eigenvalue weighted by atomic mass is 9.76. The standard InChI is InChI=1S/C14H29NO2S/c1-3-5-12-7-9-13(10-8-12)14(15)6-4-11-18(2,16)17/h12-14H,3-11,15H2,1-2H3. The summed E-state index contributed by atoms with van der Waals surface area (Å²) in [5, 5.41) is 0. The van der Waals surface area contributed by atoms with Gasteiger partial charge in [-0.2, -0.15) is 0 Å². The summed E-state index contributed by atoms with van der Waals surface area (Å²) in [6.07, 6.45) is 10.6. The number of nitrogens with two attached hydrogens (primary N) is 1. The van der Waals surface area contributed by atoms with Gasteiger partial charge in [-0.15, -0.1) is 0 Å². The molecule has 0 aromatic carbocycles. The normalized spacial score (nSPS) is 27.1. The van der Waals surface area contributed by atoms with Gasteiger partial charge in [-0.05, 0) is 37.5 Å². The third-order valence-corrected chi connectivity index (χ3v) is 5.28. The fourth-order valence-electron chi connectivity index (χ4n) is 3.13. The zero-order chi connectivity index (χ0) is 13.6. The Morgan fingerprint density at radius 3 is 2.33 bits per heavy atom. The Kier molecular flexibility index (Phi) is 6.64. The minimum Gasteiger partial charge on any atom is -0.327 e. The van der Waals surface area contributed by atoms with Gasteiger partial charge in [0.1, 0.15) is 9.84 Å². The van der Waals surface area contributed by atoms with Crippen molar-refractivity contribution in [2.45, 2.75) is 64.3 Å². The van der Waals surface area contributed by atoms with Crippen LogP contribution in [0.5, 0.6) is 0 Å². The van der Waals surface area contributed by atoms with E-state index in [0.717, 1.165) is 18.8 Å². The van der Waals surface area contributed by atoms with E-state index in [-0.39, 0.29) is 11.8 Å². The summed E-state index contributed by atoms with van der Waals surface area (Å²) in [6.45, 7) is 2.25. The topological polar surface area (TPSA) is 60.2 Å². The highest BCUT2D eigenvalue weighted by molar-refractivity contribution is 7.90. The highest BCUT2D eigenvalue weighted by Gasteiger charge is 2.24. The molecule has 3 nitrogen and oxygen atoms in total. The SMILES string of the molecule is CCCC1CCC(C(N)CCCS(C)(=O)=O)CC1. The van der Waals surface area contributed by atoms with E-state index in [1.807, 2.05) is 0 Å². The van der Waals surface area contributed by atoms with Crippen LogP contribution in [0.4, 0.5) is 0 Å². The monoisotopic (exact) mass is 275 g/mol. The minimum atomic E-state index is -2.82. The summed E-state index contributed by atoms with van der Waals surface area (Å²) < 4.78 is 22.1. The molecule has 1 aliphatic carbocycles. The summed E-state index contributed by atoms with van der Waals surface area (Å²) >= 11 is 0. The largest absolute Gasteiger partial charge is 0.327 e. The van der Waals surface area contributed by atoms with Crippen LogP contribution in [0.3, 0.4) is 0 Å². The molecule has 0 radical (unpaired) electrons. The van der Waals surface area contributed by atoms with Gasteiger partial charge in [-0.1, -0.05) is 32.6 Å². The first-order valence-corrected chi connectivity index (χ1v) is 9.41. The van der Waals surface area contributed by atoms with Gasteiger partial charge in [0.2, 0.25) is 0 Å². The first-order chi connectivity index (χ1) is 8.42. The smallest absolute Gasteiger partial charge is 0.147 e. The van der Waals surface area contributed by atoms with Gasteiger partial charge in [-0.25, -0.2) is 8.42 Å². The lowest BCUT2D eigenvalue weighted by Crippen LogP contribution is -2.33. The molecule has 0 saturated heterocycles. The average Bonchev–Trinajstić information content (AvgIpc) is 2.28. The first-order valence-electron chi connectivity index (χ1n) is 7.35. The Bertz CT molecular complexity index is 319. The van der Waals surface area contributed by atoms with Crippen LogP contribution in [-0.4, -0.2) is 26.5 Å². The summed E-state index contributed by atoms with van der Waals surface area (Å²) in [7, 11) is -2.82. The molecule has 2 N–H and O–H groups in total. The lowest BCUT2D eigenvalue weighted by Gasteiger charge is -2.32. The van der Waals surface area contributed by atoms with E-state index in [1.165, 1.54) is 44.8 Å². The molecule has 0 aromatic rings. The molecule has 18 heavy (non-hydrogen) atoms. The molecular weight excluding hydrogens is 246 g/mol. The molecule has 0 aliphatic heterocycles. The minimum absolute atomic E-state index is 0.203. The number of rotatable bonds is 7. The van der Waals surface area contributed by atoms with Crippen molar-refractivity contribution < 1.29 is 8.42 Å². The molecule has 1 rings (SSSR count). The molecular formula is C14H29NO2S. The van der Waals surface area contributed by atoms with Crippen molar-refractivity contribution in [3.8, 4) is 0 Å². The van der Waals surface area contributed by atoms with Gasteiger partial charge < -0.3 is 5.73 Å². The van der Waals surface area contributed by atoms with E-state index in [1.54, 1.807) is 0 Å². The quantitative estimate of drug-likeness (QED) is 0.777. The van der Waals surface area contributed by atoms with Gasteiger partial charge in [-0.3, -0.25) is 0 Å². The molecule has 4 heteroatoms. The number of sulfone groups is 1. The van der Waals surface area contributed by atoms with Gasteiger partial charge in [0.05, 0.1) is 0 Å². The van der Waals surface area contributed by atoms with Gasteiger partial charge >= 0.3 is 0 Å². The molecule has 0 bridgehead atoms. The highest BCUT2D eigenvalue weighted by Crippen LogP contribution is 2.33. The predicted octanol–water partition coefficient (Wildman–Crippen LogP) is 2.75. The fraction of sp³-hybridized carbons (Fsp3) is 1.00. The summed E-state index contributed by atoms with van der Waals surface area (Å²) in [6, 6.07) is 0.203. The maximum absolute atomic E-state index is 11.1. The van der Waals surface area contributed by atoms with Crippen LogP contribution in [0.1, 0.15) is 58.3 Å². The van der Waals surface area contributed by atoms with Crippen molar-refractivity contribution in [1.29, 1.82) is 0 Å². The van der Waals surface area contributed by atoms with Gasteiger partial charge in [0.15, 0.2) is 0 Å². The van der Waals surface area contributed by atoms with Crippen LogP contribution < -0.4 is 5.73 Å². The number of hydrogen-bond donors (Lipinski definition) is 1. The Morgan fingerprint density at radius 1 is 1.22 bits per heavy atom. The highest BCUT2D eigenvalue weighted by atomic mass is 32.2. The third kappa shape index (κ3) is 6.19. The van der Waals surface area contributed by atoms with Crippen LogP contribution in [0, 0.1) is 11.8 Å².